The Kier molecular flexibility index (Phi) is 2.39. The summed E-state index contributed by atoms with van der Waals surface area (Å²) in [6.45, 7) is 2.82. The van der Waals surface area contributed by atoms with E-state index in [4.69, 9.17) is 0 Å². The Hall–Kier alpha value is -0.810. The van der Waals surface area contributed by atoms with Gasteiger partial charge in [-0.25, -0.2) is 4.79 Å². The molecule has 15 heavy (non-hydrogen) atoms. The summed E-state index contributed by atoms with van der Waals surface area (Å²) >= 11 is 0. The van der Waals surface area contributed by atoms with Crippen molar-refractivity contribution in [2.45, 2.75) is 18.4 Å². The van der Waals surface area contributed by atoms with Crippen molar-refractivity contribution in [3.63, 3.8) is 0 Å². The first-order chi connectivity index (χ1) is 6.71. The topological polar surface area (TPSA) is 61.4 Å². The van der Waals surface area contributed by atoms with E-state index in [2.05, 4.69) is 15.5 Å². The number of carbonyl (C=O) groups excluding carboxylic acids is 2. The number of rotatable bonds is 0. The van der Waals surface area contributed by atoms with Gasteiger partial charge >= 0.3 is 6.03 Å². The number of imide groups is 1. The van der Waals surface area contributed by atoms with Gasteiger partial charge in [-0.2, -0.15) is 0 Å². The highest BCUT2D eigenvalue weighted by atomic mass is 35.5. The van der Waals surface area contributed by atoms with Crippen LogP contribution in [0.15, 0.2) is 0 Å². The minimum atomic E-state index is -0.604. The van der Waals surface area contributed by atoms with Crippen LogP contribution in [0.25, 0.3) is 0 Å². The van der Waals surface area contributed by atoms with Gasteiger partial charge in [-0.15, -0.1) is 12.4 Å². The van der Waals surface area contributed by atoms with Gasteiger partial charge in [-0.1, -0.05) is 0 Å². The molecule has 0 aromatic carbocycles. The molecule has 5 nitrogen and oxygen atoms in total. The molecule has 6 heteroatoms. The van der Waals surface area contributed by atoms with Crippen molar-refractivity contribution >= 4 is 24.3 Å². The highest BCUT2D eigenvalue weighted by molar-refractivity contribution is 6.07. The zero-order chi connectivity index (χ0) is 9.76. The summed E-state index contributed by atoms with van der Waals surface area (Å²) in [6, 6.07) is -0.330. The molecule has 0 saturated carbocycles. The number of hydrogen-bond acceptors (Lipinski definition) is 3. The van der Waals surface area contributed by atoms with E-state index in [0.717, 1.165) is 25.9 Å². The Morgan fingerprint density at radius 1 is 1.27 bits per heavy atom. The van der Waals surface area contributed by atoms with Gasteiger partial charge in [0, 0.05) is 6.54 Å². The van der Waals surface area contributed by atoms with E-state index < -0.39 is 5.54 Å². The largest absolute Gasteiger partial charge is 0.322 e. The number of hydrogen-bond donors (Lipinski definition) is 2. The second kappa shape index (κ2) is 3.35. The van der Waals surface area contributed by atoms with Crippen LogP contribution in [0.2, 0.25) is 0 Å². The van der Waals surface area contributed by atoms with Crippen molar-refractivity contribution in [2.75, 3.05) is 19.6 Å². The van der Waals surface area contributed by atoms with Gasteiger partial charge in [-0.05, 0) is 31.8 Å². The summed E-state index contributed by atoms with van der Waals surface area (Å²) in [6.07, 6.45) is 2.04. The Morgan fingerprint density at radius 3 is 2.33 bits per heavy atom. The normalized spacial score (nSPS) is 42.4. The van der Waals surface area contributed by atoms with E-state index in [-0.39, 0.29) is 24.3 Å². The lowest BCUT2D eigenvalue weighted by atomic mass is 9.73. The van der Waals surface area contributed by atoms with Crippen LogP contribution >= 0.6 is 12.4 Å². The van der Waals surface area contributed by atoms with Gasteiger partial charge in [0.15, 0.2) is 0 Å². The molecule has 2 N–H and O–H groups in total. The molecule has 4 fully saturated rings. The molecule has 1 spiro atoms. The molecule has 0 aromatic heterocycles. The third kappa shape index (κ3) is 1.33. The minimum absolute atomic E-state index is 0. The molecule has 2 bridgehead atoms. The predicted molar refractivity (Wildman–Crippen MR) is 55.8 cm³/mol. The number of nitrogens with one attached hydrogen (secondary N) is 2. The fourth-order valence-corrected chi connectivity index (χ4v) is 2.97. The first-order valence-corrected chi connectivity index (χ1v) is 5.07. The molecule has 1 unspecified atom stereocenters. The molecule has 3 amide bonds. The van der Waals surface area contributed by atoms with Gasteiger partial charge in [0.2, 0.25) is 0 Å². The number of carbonyl (C=O) groups is 2. The second-order valence-corrected chi connectivity index (χ2v) is 4.43. The standard InChI is InChI=1S/C9H13N3O2.ClH/c13-7-9(11-8(14)10-7)5-12-3-1-6(9)2-4-12;/h6H,1-5H2,(H2,10,11,13,14);1H. The van der Waals surface area contributed by atoms with E-state index in [1.165, 1.54) is 0 Å². The van der Waals surface area contributed by atoms with Crippen molar-refractivity contribution in [3.8, 4) is 0 Å². The van der Waals surface area contributed by atoms with Crippen LogP contribution in [0.3, 0.4) is 0 Å². The maximum absolute atomic E-state index is 11.7. The molecule has 4 heterocycles. The molecular weight excluding hydrogens is 218 g/mol. The quantitative estimate of drug-likeness (QED) is 0.564. The van der Waals surface area contributed by atoms with E-state index in [1.54, 1.807) is 0 Å². The van der Waals surface area contributed by atoms with E-state index in [0.29, 0.717) is 12.5 Å². The van der Waals surface area contributed by atoms with Crippen LogP contribution in [0.5, 0.6) is 0 Å². The first kappa shape index (κ1) is 10.7. The summed E-state index contributed by atoms with van der Waals surface area (Å²) in [5.41, 5.74) is -0.604. The van der Waals surface area contributed by atoms with Crippen LogP contribution in [0, 0.1) is 5.92 Å². The molecule has 4 saturated heterocycles. The van der Waals surface area contributed by atoms with Crippen molar-refractivity contribution in [3.05, 3.63) is 0 Å². The molecule has 84 valence electrons. The van der Waals surface area contributed by atoms with Crippen LogP contribution in [0.1, 0.15) is 12.8 Å². The maximum atomic E-state index is 11.7. The molecule has 4 aliphatic heterocycles. The summed E-state index contributed by atoms with van der Waals surface area (Å²) in [5, 5.41) is 5.16. The fraction of sp³-hybridized carbons (Fsp3) is 0.778. The summed E-state index contributed by atoms with van der Waals surface area (Å²) in [5.74, 6) is 0.204. The molecule has 0 aromatic rings. The lowest BCUT2D eigenvalue weighted by Crippen LogP contribution is -2.67. The average molecular weight is 232 g/mol. The number of halogens is 1. The van der Waals surface area contributed by atoms with E-state index in [1.807, 2.05) is 0 Å². The van der Waals surface area contributed by atoms with Crippen LogP contribution in [0.4, 0.5) is 4.79 Å². The zero-order valence-electron chi connectivity index (χ0n) is 8.28. The van der Waals surface area contributed by atoms with Gasteiger partial charge in [0.05, 0.1) is 0 Å². The number of fused-ring (bicyclic) bond motifs is 2. The second-order valence-electron chi connectivity index (χ2n) is 4.43. The SMILES string of the molecule is Cl.O=C1NC(=O)C2(CN3CCC2CC3)N1. The van der Waals surface area contributed by atoms with Crippen molar-refractivity contribution in [2.24, 2.45) is 5.92 Å². The maximum Gasteiger partial charge on any atom is 0.322 e. The van der Waals surface area contributed by atoms with Gasteiger partial charge in [0.1, 0.15) is 5.54 Å². The Bertz CT molecular complexity index is 314. The molecule has 0 aliphatic carbocycles. The smallest absolute Gasteiger partial charge is 0.322 e. The van der Waals surface area contributed by atoms with Gasteiger partial charge in [0.25, 0.3) is 5.91 Å². The molecule has 4 rings (SSSR count). The number of amides is 3. The van der Waals surface area contributed by atoms with Crippen LogP contribution < -0.4 is 10.6 Å². The summed E-state index contributed by atoms with van der Waals surface area (Å²) in [7, 11) is 0. The molecule has 4 aliphatic rings. The van der Waals surface area contributed by atoms with Crippen molar-refractivity contribution in [1.82, 2.24) is 15.5 Å². The number of urea groups is 1. The van der Waals surface area contributed by atoms with E-state index in [9.17, 15) is 9.59 Å². The van der Waals surface area contributed by atoms with Crippen molar-refractivity contribution in [1.29, 1.82) is 0 Å². The van der Waals surface area contributed by atoms with Crippen LogP contribution in [-0.4, -0.2) is 42.0 Å². The lowest BCUT2D eigenvalue weighted by Gasteiger charge is -2.49. The Balaban J connectivity index is 0.000000853. The molecular formula is C9H14ClN3O2. The lowest BCUT2D eigenvalue weighted by molar-refractivity contribution is -0.131. The predicted octanol–water partition coefficient (Wildman–Crippen LogP) is -0.288. The highest BCUT2D eigenvalue weighted by Crippen LogP contribution is 2.37. The van der Waals surface area contributed by atoms with Crippen molar-refractivity contribution < 1.29 is 9.59 Å². The number of nitrogens with zero attached hydrogens (tertiary/aromatic N) is 1. The summed E-state index contributed by atoms with van der Waals surface area (Å²) in [4.78, 5) is 25.1. The minimum Gasteiger partial charge on any atom is -0.322 e. The third-order valence-electron chi connectivity index (χ3n) is 3.73. The monoisotopic (exact) mass is 231 g/mol. The third-order valence-corrected chi connectivity index (χ3v) is 3.73. The highest BCUT2D eigenvalue weighted by Gasteiger charge is 2.56. The van der Waals surface area contributed by atoms with E-state index >= 15 is 0 Å². The Labute approximate surface area is 94.0 Å². The Morgan fingerprint density at radius 2 is 1.93 bits per heavy atom. The average Bonchev–Trinajstić information content (AvgIpc) is 2.43. The summed E-state index contributed by atoms with van der Waals surface area (Å²) < 4.78 is 0. The fourth-order valence-electron chi connectivity index (χ4n) is 2.97. The van der Waals surface area contributed by atoms with Gasteiger partial charge in [-0.3, -0.25) is 10.1 Å². The zero-order valence-corrected chi connectivity index (χ0v) is 9.10. The molecule has 1 atom stereocenters. The van der Waals surface area contributed by atoms with Crippen LogP contribution in [-0.2, 0) is 4.79 Å². The number of piperidine rings is 3. The first-order valence-electron chi connectivity index (χ1n) is 5.07. The van der Waals surface area contributed by atoms with Gasteiger partial charge < -0.3 is 10.2 Å². The molecule has 0 radical (unpaired) electrons.